The molecule has 1 aliphatic rings. The highest BCUT2D eigenvalue weighted by molar-refractivity contribution is 5.16. The van der Waals surface area contributed by atoms with Gasteiger partial charge < -0.3 is 0 Å². The van der Waals surface area contributed by atoms with Gasteiger partial charge in [-0.05, 0) is 65.4 Å². The normalized spacial score (nSPS) is 29.2. The van der Waals surface area contributed by atoms with Crippen LogP contribution in [0, 0.1) is 5.89 Å². The van der Waals surface area contributed by atoms with Gasteiger partial charge in [-0.2, -0.15) is 0 Å². The molecule has 1 saturated heterocycles. The Morgan fingerprint density at radius 2 is 1.67 bits per heavy atom. The molecule has 18 heavy (non-hydrogen) atoms. The van der Waals surface area contributed by atoms with Gasteiger partial charge in [0.15, 0.2) is 0 Å². The second-order valence-corrected chi connectivity index (χ2v) is 6.75. The first kappa shape index (κ1) is 11.0. The van der Waals surface area contributed by atoms with Gasteiger partial charge in [0.25, 0.3) is 0 Å². The molecule has 0 radical (unpaired) electrons. The number of hydrogen-bond acceptors (Lipinski definition) is 1. The van der Waals surface area contributed by atoms with Crippen molar-refractivity contribution in [2.24, 2.45) is 5.89 Å². The van der Waals surface area contributed by atoms with Crippen LogP contribution in [0.15, 0.2) is 30.3 Å². The largest absolute Gasteiger partial charge is 0.296 e. The van der Waals surface area contributed by atoms with Crippen LogP contribution in [-0.2, 0) is 6.40 Å². The molecular weight excluding hydrogens is 218 g/mol. The van der Waals surface area contributed by atoms with E-state index in [1.165, 1.54) is 0 Å². The maximum atomic E-state index is 8.95. The van der Waals surface area contributed by atoms with Crippen LogP contribution in [0.1, 0.15) is 48.8 Å². The summed E-state index contributed by atoms with van der Waals surface area (Å²) in [4.78, 5) is 2.37. The zero-order chi connectivity index (χ0) is 15.2. The quantitative estimate of drug-likeness (QED) is 0.762. The predicted molar refractivity (Wildman–Crippen MR) is 78.8 cm³/mol. The molecule has 0 amide bonds. The molecule has 1 aromatic carbocycles. The Labute approximate surface area is 115 Å². The zero-order valence-electron chi connectivity index (χ0n) is 14.3. The Morgan fingerprint density at radius 3 is 2.17 bits per heavy atom. The van der Waals surface area contributed by atoms with Crippen LogP contribution in [0.25, 0.3) is 0 Å². The van der Waals surface area contributed by atoms with Crippen LogP contribution in [0.5, 0.6) is 0 Å². The van der Waals surface area contributed by atoms with Crippen LogP contribution >= 0.6 is 0 Å². The number of piperidine rings is 1. The lowest BCUT2D eigenvalue weighted by Crippen LogP contribution is -2.58. The second-order valence-electron chi connectivity index (χ2n) is 6.75. The van der Waals surface area contributed by atoms with Crippen molar-refractivity contribution < 1.29 is 2.74 Å². The first-order valence-corrected chi connectivity index (χ1v) is 6.80. The van der Waals surface area contributed by atoms with Crippen molar-refractivity contribution in [3.8, 4) is 0 Å². The van der Waals surface area contributed by atoms with Crippen molar-refractivity contribution >= 4 is 0 Å². The molecule has 1 heterocycles. The summed E-state index contributed by atoms with van der Waals surface area (Å²) in [5, 5.41) is 0. The summed E-state index contributed by atoms with van der Waals surface area (Å²) < 4.78 is 17.6. The Hall–Kier alpha value is -0.820. The van der Waals surface area contributed by atoms with Crippen molar-refractivity contribution in [3.63, 3.8) is 0 Å². The highest BCUT2D eigenvalue weighted by atomic mass is 15.2. The lowest BCUT2D eigenvalue weighted by molar-refractivity contribution is -0.0296. The van der Waals surface area contributed by atoms with Crippen molar-refractivity contribution in [2.45, 2.75) is 58.0 Å². The van der Waals surface area contributed by atoms with Crippen molar-refractivity contribution in [1.29, 1.82) is 0 Å². The van der Waals surface area contributed by atoms with E-state index in [1.54, 1.807) is 0 Å². The predicted octanol–water partition coefficient (Wildman–Crippen LogP) is 4.13. The van der Waals surface area contributed by atoms with E-state index >= 15 is 0 Å². The minimum Gasteiger partial charge on any atom is -0.296 e. The lowest BCUT2D eigenvalue weighted by atomic mass is 9.72. The maximum Gasteiger partial charge on any atom is 0.0319 e. The third-order valence-electron chi connectivity index (χ3n) is 4.31. The third-order valence-corrected chi connectivity index (χ3v) is 4.31. The smallest absolute Gasteiger partial charge is 0.0319 e. The Bertz CT molecular complexity index is 449. The van der Waals surface area contributed by atoms with Gasteiger partial charge in [0.05, 0.1) is 0 Å². The number of hydrogen-bond donors (Lipinski definition) is 0. The van der Waals surface area contributed by atoms with E-state index in [-0.39, 0.29) is 11.1 Å². The number of benzene rings is 1. The van der Waals surface area contributed by atoms with Crippen LogP contribution in [-0.4, -0.2) is 23.0 Å². The second kappa shape index (κ2) is 4.70. The molecule has 1 aliphatic heterocycles. The Balaban J connectivity index is 2.35. The van der Waals surface area contributed by atoms with E-state index in [4.69, 9.17) is 2.74 Å². The topological polar surface area (TPSA) is 3.24 Å². The van der Waals surface area contributed by atoms with E-state index in [0.717, 1.165) is 18.4 Å². The molecule has 0 spiro atoms. The monoisotopic (exact) mass is 249 g/mol. The molecule has 2 rings (SSSR count). The summed E-state index contributed by atoms with van der Waals surface area (Å²) in [6.07, 6.45) is 0.961. The number of nitrogens with zero attached hydrogens (tertiary/aromatic N) is 1. The minimum atomic E-state index is -0.735. The third kappa shape index (κ3) is 2.77. The first-order chi connectivity index (χ1) is 9.08. The van der Waals surface area contributed by atoms with Gasteiger partial charge in [-0.3, -0.25) is 4.90 Å². The molecule has 0 bridgehead atoms. The van der Waals surface area contributed by atoms with Gasteiger partial charge >= 0.3 is 0 Å². The lowest BCUT2D eigenvalue weighted by Gasteiger charge is -2.54. The molecule has 1 nitrogen and oxygen atoms in total. The van der Waals surface area contributed by atoms with Crippen LogP contribution in [0.2, 0.25) is 0 Å². The fourth-order valence-electron chi connectivity index (χ4n) is 3.12. The standard InChI is InChI=1S/C17H27N/c1-16(2)12-15(13-17(3,4)18(16)5)11-14-9-7-6-8-10-14/h6-10,15H,11-13H2,1-5H3/i11T,15T. The molecule has 0 aromatic heterocycles. The molecule has 1 aromatic rings. The van der Waals surface area contributed by atoms with Gasteiger partial charge in [-0.25, -0.2) is 0 Å². The van der Waals surface area contributed by atoms with E-state index in [0.29, 0.717) is 0 Å². The SMILES string of the molecule is [3H]C(c1ccccc1)C1([3H])CC(C)(C)N(C)C(C)(C)C1. The van der Waals surface area contributed by atoms with Gasteiger partial charge in [-0.1, -0.05) is 30.3 Å². The molecular formula is C17H27N. The van der Waals surface area contributed by atoms with Crippen molar-refractivity contribution in [1.82, 2.24) is 4.90 Å². The van der Waals surface area contributed by atoms with Gasteiger partial charge in [0, 0.05) is 13.8 Å². The summed E-state index contributed by atoms with van der Waals surface area (Å²) in [5.41, 5.74) is 0.841. The van der Waals surface area contributed by atoms with Crippen LogP contribution < -0.4 is 0 Å². The Kier molecular flexibility index (Phi) is 2.88. The summed E-state index contributed by atoms with van der Waals surface area (Å²) in [5.74, 6) is -0.735. The first-order valence-electron chi connectivity index (χ1n) is 7.87. The van der Waals surface area contributed by atoms with E-state index in [2.05, 4.69) is 39.6 Å². The molecule has 0 N–H and O–H groups in total. The highest BCUT2D eigenvalue weighted by Crippen LogP contribution is 2.41. The summed E-state index contributed by atoms with van der Waals surface area (Å²) in [6.45, 7) is 8.76. The molecule has 1 fully saturated rings. The number of rotatable bonds is 2. The average Bonchev–Trinajstić information content (AvgIpc) is 2.35. The molecule has 0 aliphatic carbocycles. The molecule has 1 atom stereocenters. The molecule has 100 valence electrons. The minimum absolute atomic E-state index is 0.0580. The summed E-state index contributed by atoms with van der Waals surface area (Å²) >= 11 is 0. The summed E-state index contributed by atoms with van der Waals surface area (Å²) in [6, 6.07) is 9.85. The maximum absolute atomic E-state index is 8.95. The van der Waals surface area contributed by atoms with E-state index in [1.807, 2.05) is 30.3 Å². The van der Waals surface area contributed by atoms with Gasteiger partial charge in [0.2, 0.25) is 0 Å². The van der Waals surface area contributed by atoms with Crippen LogP contribution in [0.3, 0.4) is 0 Å². The summed E-state index contributed by atoms with van der Waals surface area (Å²) in [7, 11) is 2.14. The van der Waals surface area contributed by atoms with E-state index in [9.17, 15) is 0 Å². The van der Waals surface area contributed by atoms with Crippen LogP contribution in [0.4, 0.5) is 0 Å². The fourth-order valence-corrected chi connectivity index (χ4v) is 3.12. The van der Waals surface area contributed by atoms with Gasteiger partial charge in [0.1, 0.15) is 0 Å². The zero-order valence-corrected chi connectivity index (χ0v) is 12.3. The highest BCUT2D eigenvalue weighted by Gasteiger charge is 2.42. The fraction of sp³-hybridized carbons (Fsp3) is 0.647. The number of likely N-dealkylation sites (tertiary alicyclic amines) is 1. The molecule has 1 unspecified atom stereocenters. The van der Waals surface area contributed by atoms with E-state index < -0.39 is 12.3 Å². The van der Waals surface area contributed by atoms with Crippen molar-refractivity contribution in [2.75, 3.05) is 7.05 Å². The molecule has 1 heteroatoms. The average molecular weight is 249 g/mol. The Morgan fingerprint density at radius 1 is 1.17 bits per heavy atom. The van der Waals surface area contributed by atoms with Crippen molar-refractivity contribution in [3.05, 3.63) is 35.9 Å². The molecule has 0 saturated carbocycles. The van der Waals surface area contributed by atoms with Gasteiger partial charge in [-0.15, -0.1) is 0 Å².